The van der Waals surface area contributed by atoms with Gasteiger partial charge in [0.1, 0.15) is 4.83 Å². The summed E-state index contributed by atoms with van der Waals surface area (Å²) in [5.74, 6) is 0.621. The van der Waals surface area contributed by atoms with Crippen molar-refractivity contribution in [3.8, 4) is 0 Å². The Hall–Kier alpha value is -0.0500. The Balaban J connectivity index is 2.18. The summed E-state index contributed by atoms with van der Waals surface area (Å²) in [5.41, 5.74) is 0. The van der Waals surface area contributed by atoms with Gasteiger partial charge >= 0.3 is 5.97 Å². The van der Waals surface area contributed by atoms with Crippen LogP contribution >= 0.6 is 15.9 Å². The normalized spacial score (nSPS) is 20.2. The molecule has 0 aromatic heterocycles. The van der Waals surface area contributed by atoms with Crippen molar-refractivity contribution in [3.63, 3.8) is 0 Å². The zero-order chi connectivity index (χ0) is 7.56. The fourth-order valence-electron chi connectivity index (χ4n) is 0.870. The third-order valence-corrected chi connectivity index (χ3v) is 2.44. The molecule has 0 aliphatic heterocycles. The minimum Gasteiger partial charge on any atom is -0.468 e. The molecule has 0 spiro atoms. The summed E-state index contributed by atoms with van der Waals surface area (Å²) in [6, 6.07) is 0. The quantitative estimate of drug-likeness (QED) is 0.520. The van der Waals surface area contributed by atoms with Gasteiger partial charge < -0.3 is 4.74 Å². The maximum atomic E-state index is 10.8. The molecule has 0 bridgehead atoms. The Bertz CT molecular complexity index is 132. The van der Waals surface area contributed by atoms with Crippen molar-refractivity contribution in [2.75, 3.05) is 7.11 Å². The number of methoxy groups -OCH3 is 1. The van der Waals surface area contributed by atoms with E-state index in [0.29, 0.717) is 0 Å². The third-order valence-electron chi connectivity index (χ3n) is 1.69. The average Bonchev–Trinajstić information content (AvgIpc) is 2.70. The molecule has 0 unspecified atom stereocenters. The van der Waals surface area contributed by atoms with Crippen molar-refractivity contribution in [3.05, 3.63) is 0 Å². The second-order valence-corrected chi connectivity index (χ2v) is 3.78. The highest BCUT2D eigenvalue weighted by Gasteiger charge is 2.27. The monoisotopic (exact) mass is 206 g/mol. The molecule has 0 radical (unpaired) electrons. The van der Waals surface area contributed by atoms with Gasteiger partial charge in [-0.05, 0) is 12.3 Å². The summed E-state index contributed by atoms with van der Waals surface area (Å²) in [7, 11) is 1.42. The average molecular weight is 207 g/mol. The first kappa shape index (κ1) is 8.05. The summed E-state index contributed by atoms with van der Waals surface area (Å²) in [4.78, 5) is 10.7. The van der Waals surface area contributed by atoms with E-state index in [4.69, 9.17) is 0 Å². The number of rotatable bonds is 3. The van der Waals surface area contributed by atoms with Crippen LogP contribution in [0.1, 0.15) is 19.3 Å². The van der Waals surface area contributed by atoms with Gasteiger partial charge in [-0.2, -0.15) is 0 Å². The van der Waals surface area contributed by atoms with Crippen LogP contribution < -0.4 is 0 Å². The fourth-order valence-corrected chi connectivity index (χ4v) is 1.59. The third kappa shape index (κ3) is 2.29. The molecule has 0 saturated heterocycles. The Morgan fingerprint density at radius 1 is 1.80 bits per heavy atom. The molecule has 1 saturated carbocycles. The Kier molecular flexibility index (Phi) is 2.72. The molecule has 0 N–H and O–H groups in total. The molecule has 1 fully saturated rings. The number of ether oxygens (including phenoxy) is 1. The molecule has 1 aliphatic carbocycles. The van der Waals surface area contributed by atoms with Gasteiger partial charge in [-0.3, -0.25) is 4.79 Å². The summed E-state index contributed by atoms with van der Waals surface area (Å²) in [6.07, 6.45) is 3.49. The van der Waals surface area contributed by atoms with Gasteiger partial charge in [-0.25, -0.2) is 0 Å². The molecule has 10 heavy (non-hydrogen) atoms. The maximum absolute atomic E-state index is 10.8. The largest absolute Gasteiger partial charge is 0.468 e. The van der Waals surface area contributed by atoms with Crippen LogP contribution in [-0.2, 0) is 9.53 Å². The predicted octanol–water partition coefficient (Wildman–Crippen LogP) is 1.72. The number of carbonyl (C=O) groups excluding carboxylic acids is 1. The molecule has 1 rings (SSSR count). The van der Waals surface area contributed by atoms with Crippen LogP contribution in [0.15, 0.2) is 0 Å². The number of alkyl halides is 1. The van der Waals surface area contributed by atoms with E-state index in [1.54, 1.807) is 0 Å². The van der Waals surface area contributed by atoms with Gasteiger partial charge in [0.05, 0.1) is 7.11 Å². The van der Waals surface area contributed by atoms with Crippen LogP contribution in [0.25, 0.3) is 0 Å². The van der Waals surface area contributed by atoms with Gasteiger partial charge in [0, 0.05) is 0 Å². The van der Waals surface area contributed by atoms with E-state index in [9.17, 15) is 4.79 Å². The Morgan fingerprint density at radius 3 is 2.80 bits per heavy atom. The number of esters is 1. The van der Waals surface area contributed by atoms with Gasteiger partial charge in [0.25, 0.3) is 0 Å². The van der Waals surface area contributed by atoms with E-state index in [2.05, 4.69) is 20.7 Å². The molecule has 0 aromatic carbocycles. The molecule has 0 amide bonds. The summed E-state index contributed by atoms with van der Waals surface area (Å²) < 4.78 is 4.55. The van der Waals surface area contributed by atoms with Gasteiger partial charge in [0.2, 0.25) is 0 Å². The van der Waals surface area contributed by atoms with Crippen molar-refractivity contribution in [2.45, 2.75) is 24.1 Å². The number of halogens is 1. The lowest BCUT2D eigenvalue weighted by Gasteiger charge is -2.04. The second-order valence-electron chi connectivity index (χ2n) is 2.67. The van der Waals surface area contributed by atoms with Gasteiger partial charge in [0.15, 0.2) is 0 Å². The predicted molar refractivity (Wildman–Crippen MR) is 42.1 cm³/mol. The van der Waals surface area contributed by atoms with Gasteiger partial charge in [-0.1, -0.05) is 28.8 Å². The number of carbonyl (C=O) groups is 1. The van der Waals surface area contributed by atoms with E-state index >= 15 is 0 Å². The first-order valence-electron chi connectivity index (χ1n) is 3.46. The minimum atomic E-state index is -0.146. The summed E-state index contributed by atoms with van der Waals surface area (Å²) >= 11 is 3.27. The number of hydrogen-bond acceptors (Lipinski definition) is 2. The topological polar surface area (TPSA) is 26.3 Å². The van der Waals surface area contributed by atoms with Crippen LogP contribution in [0, 0.1) is 5.92 Å². The molecule has 2 nitrogen and oxygen atoms in total. The van der Waals surface area contributed by atoms with Crippen molar-refractivity contribution in [1.29, 1.82) is 0 Å². The second kappa shape index (κ2) is 3.37. The molecule has 1 aliphatic rings. The lowest BCUT2D eigenvalue weighted by molar-refractivity contribution is -0.140. The van der Waals surface area contributed by atoms with Crippen LogP contribution in [0.4, 0.5) is 0 Å². The first-order valence-corrected chi connectivity index (χ1v) is 4.37. The molecule has 1 atom stereocenters. The van der Waals surface area contributed by atoms with E-state index in [1.807, 2.05) is 0 Å². The van der Waals surface area contributed by atoms with Crippen LogP contribution in [0.2, 0.25) is 0 Å². The van der Waals surface area contributed by atoms with Crippen molar-refractivity contribution in [2.24, 2.45) is 5.92 Å². The zero-order valence-electron chi connectivity index (χ0n) is 5.97. The highest BCUT2D eigenvalue weighted by molar-refractivity contribution is 9.10. The number of hydrogen-bond donors (Lipinski definition) is 0. The highest BCUT2D eigenvalue weighted by atomic mass is 79.9. The van der Waals surface area contributed by atoms with Crippen molar-refractivity contribution in [1.82, 2.24) is 0 Å². The van der Waals surface area contributed by atoms with Crippen LogP contribution in [-0.4, -0.2) is 17.9 Å². The van der Waals surface area contributed by atoms with Gasteiger partial charge in [-0.15, -0.1) is 0 Å². The van der Waals surface area contributed by atoms with Crippen LogP contribution in [0.3, 0.4) is 0 Å². The fraction of sp³-hybridized carbons (Fsp3) is 0.857. The molecule has 0 aromatic rings. The SMILES string of the molecule is COC(=O)[C@H](Br)CC1CC1. The van der Waals surface area contributed by atoms with E-state index < -0.39 is 0 Å². The van der Waals surface area contributed by atoms with E-state index in [0.717, 1.165) is 12.3 Å². The maximum Gasteiger partial charge on any atom is 0.319 e. The molecular formula is C7H11BrO2. The highest BCUT2D eigenvalue weighted by Crippen LogP contribution is 2.35. The Morgan fingerprint density at radius 2 is 2.40 bits per heavy atom. The van der Waals surface area contributed by atoms with Crippen molar-refractivity contribution < 1.29 is 9.53 Å². The summed E-state index contributed by atoms with van der Waals surface area (Å²) in [6.45, 7) is 0. The van der Waals surface area contributed by atoms with E-state index in [-0.39, 0.29) is 10.8 Å². The van der Waals surface area contributed by atoms with Crippen molar-refractivity contribution >= 4 is 21.9 Å². The first-order chi connectivity index (χ1) is 4.74. The van der Waals surface area contributed by atoms with E-state index in [1.165, 1.54) is 20.0 Å². The molecule has 0 heterocycles. The molecular weight excluding hydrogens is 196 g/mol. The summed E-state index contributed by atoms with van der Waals surface area (Å²) in [5, 5.41) is 0. The molecule has 3 heteroatoms. The lowest BCUT2D eigenvalue weighted by atomic mass is 10.2. The smallest absolute Gasteiger partial charge is 0.319 e. The Labute approximate surface area is 69.1 Å². The minimum absolute atomic E-state index is 0.0787. The zero-order valence-corrected chi connectivity index (χ0v) is 7.56. The van der Waals surface area contributed by atoms with Crippen LogP contribution in [0.5, 0.6) is 0 Å². The lowest BCUT2D eigenvalue weighted by Crippen LogP contribution is -2.15. The standard InChI is InChI=1S/C7H11BrO2/c1-10-7(9)6(8)4-5-2-3-5/h5-6H,2-4H2,1H3/t6-/m1/s1. The molecule has 58 valence electrons.